The van der Waals surface area contributed by atoms with Crippen molar-refractivity contribution >= 4 is 17.6 Å². The van der Waals surface area contributed by atoms with Gasteiger partial charge in [-0.15, -0.1) is 0 Å². The van der Waals surface area contributed by atoms with E-state index in [1.54, 1.807) is 48.5 Å². The topological polar surface area (TPSA) is 97.7 Å². The van der Waals surface area contributed by atoms with Crippen LogP contribution in [0.5, 0.6) is 11.5 Å². The number of esters is 1. The molecule has 0 saturated heterocycles. The molecule has 140 valence electrons. The van der Waals surface area contributed by atoms with E-state index in [1.807, 2.05) is 13.0 Å². The molecule has 0 spiro atoms. The SMILES string of the molecule is CCOc1ccccc1OCC(=O)O[C@@H](C)C(=O)Nc1ccc(C#N)cc1. The molecule has 7 heteroatoms. The van der Waals surface area contributed by atoms with Crippen LogP contribution in [0.25, 0.3) is 0 Å². The Morgan fingerprint density at radius 1 is 1.07 bits per heavy atom. The first kappa shape index (κ1) is 19.8. The predicted molar refractivity (Wildman–Crippen MR) is 98.4 cm³/mol. The third kappa shape index (κ3) is 6.04. The standard InChI is InChI=1S/C20H20N2O5/c1-3-25-17-6-4-5-7-18(17)26-13-19(23)27-14(2)20(24)22-16-10-8-15(12-21)9-11-16/h4-11,14H,3,13H2,1-2H3,(H,22,24)/t14-/m0/s1. The molecule has 0 aliphatic carbocycles. The van der Waals surface area contributed by atoms with E-state index in [-0.39, 0.29) is 6.61 Å². The summed E-state index contributed by atoms with van der Waals surface area (Å²) >= 11 is 0. The molecule has 1 atom stereocenters. The van der Waals surface area contributed by atoms with Gasteiger partial charge < -0.3 is 19.5 Å². The molecule has 1 N–H and O–H groups in total. The van der Waals surface area contributed by atoms with E-state index in [9.17, 15) is 9.59 Å². The van der Waals surface area contributed by atoms with Crippen LogP contribution < -0.4 is 14.8 Å². The number of nitriles is 1. The summed E-state index contributed by atoms with van der Waals surface area (Å²) in [4.78, 5) is 24.0. The number of para-hydroxylation sites is 2. The highest BCUT2D eigenvalue weighted by atomic mass is 16.6. The van der Waals surface area contributed by atoms with Gasteiger partial charge in [0.15, 0.2) is 24.2 Å². The smallest absolute Gasteiger partial charge is 0.344 e. The van der Waals surface area contributed by atoms with Gasteiger partial charge in [0.2, 0.25) is 0 Å². The van der Waals surface area contributed by atoms with E-state index in [2.05, 4.69) is 5.32 Å². The second kappa shape index (κ2) is 9.82. The van der Waals surface area contributed by atoms with Crippen LogP contribution in [0, 0.1) is 11.3 Å². The molecule has 0 saturated carbocycles. The number of anilines is 1. The van der Waals surface area contributed by atoms with Crippen molar-refractivity contribution in [3.63, 3.8) is 0 Å². The Morgan fingerprint density at radius 2 is 1.70 bits per heavy atom. The summed E-state index contributed by atoms with van der Waals surface area (Å²) in [5.41, 5.74) is 0.987. The zero-order valence-corrected chi connectivity index (χ0v) is 15.1. The molecular formula is C20H20N2O5. The van der Waals surface area contributed by atoms with E-state index in [0.29, 0.717) is 29.4 Å². The lowest BCUT2D eigenvalue weighted by Crippen LogP contribution is -2.31. The van der Waals surface area contributed by atoms with Gasteiger partial charge in [0.05, 0.1) is 18.2 Å². The first-order valence-electron chi connectivity index (χ1n) is 8.38. The van der Waals surface area contributed by atoms with Crippen molar-refractivity contribution in [3.8, 4) is 17.6 Å². The third-order valence-corrected chi connectivity index (χ3v) is 3.45. The summed E-state index contributed by atoms with van der Waals surface area (Å²) in [5.74, 6) is -0.211. The normalized spacial score (nSPS) is 11.0. The lowest BCUT2D eigenvalue weighted by molar-refractivity contribution is -0.155. The van der Waals surface area contributed by atoms with Gasteiger partial charge in [0.1, 0.15) is 0 Å². The zero-order valence-electron chi connectivity index (χ0n) is 15.1. The number of amides is 1. The van der Waals surface area contributed by atoms with Gasteiger partial charge in [0.25, 0.3) is 5.91 Å². The molecule has 0 heterocycles. The van der Waals surface area contributed by atoms with E-state index >= 15 is 0 Å². The fourth-order valence-corrected chi connectivity index (χ4v) is 2.14. The van der Waals surface area contributed by atoms with Crippen molar-refractivity contribution < 1.29 is 23.8 Å². The van der Waals surface area contributed by atoms with Gasteiger partial charge >= 0.3 is 5.97 Å². The second-order valence-electron chi connectivity index (χ2n) is 5.48. The minimum Gasteiger partial charge on any atom is -0.490 e. The van der Waals surface area contributed by atoms with Gasteiger partial charge in [-0.25, -0.2) is 4.79 Å². The summed E-state index contributed by atoms with van der Waals surface area (Å²) in [6.45, 7) is 3.43. The van der Waals surface area contributed by atoms with Crippen molar-refractivity contribution in [1.82, 2.24) is 0 Å². The quantitative estimate of drug-likeness (QED) is 0.720. The third-order valence-electron chi connectivity index (χ3n) is 3.45. The molecular weight excluding hydrogens is 348 g/mol. The predicted octanol–water partition coefficient (Wildman–Crippen LogP) is 2.91. The number of carbonyl (C=O) groups excluding carboxylic acids is 2. The first-order chi connectivity index (χ1) is 13.0. The minimum atomic E-state index is -1.00. The fraction of sp³-hybridized carbons (Fsp3) is 0.250. The van der Waals surface area contributed by atoms with E-state index in [4.69, 9.17) is 19.5 Å². The molecule has 0 aromatic heterocycles. The molecule has 0 unspecified atom stereocenters. The van der Waals surface area contributed by atoms with Crippen LogP contribution in [-0.4, -0.2) is 31.2 Å². The van der Waals surface area contributed by atoms with Crippen LogP contribution in [-0.2, 0) is 14.3 Å². The summed E-state index contributed by atoms with van der Waals surface area (Å²) in [6.07, 6.45) is -1.00. The summed E-state index contributed by atoms with van der Waals surface area (Å²) in [7, 11) is 0. The Morgan fingerprint density at radius 3 is 2.30 bits per heavy atom. The summed E-state index contributed by atoms with van der Waals surface area (Å²) in [6, 6.07) is 15.3. The van der Waals surface area contributed by atoms with Crippen LogP contribution in [0.15, 0.2) is 48.5 Å². The molecule has 7 nitrogen and oxygen atoms in total. The first-order valence-corrected chi connectivity index (χ1v) is 8.38. The number of nitrogens with zero attached hydrogens (tertiary/aromatic N) is 1. The molecule has 27 heavy (non-hydrogen) atoms. The van der Waals surface area contributed by atoms with Gasteiger partial charge in [-0.3, -0.25) is 4.79 Å². The molecule has 0 radical (unpaired) electrons. The maximum Gasteiger partial charge on any atom is 0.344 e. The van der Waals surface area contributed by atoms with Crippen LogP contribution >= 0.6 is 0 Å². The van der Waals surface area contributed by atoms with Crippen LogP contribution in [0.1, 0.15) is 19.4 Å². The molecule has 0 aliphatic rings. The van der Waals surface area contributed by atoms with Crippen molar-refractivity contribution in [1.29, 1.82) is 5.26 Å². The highest BCUT2D eigenvalue weighted by Gasteiger charge is 2.18. The number of hydrogen-bond acceptors (Lipinski definition) is 6. The number of ether oxygens (including phenoxy) is 3. The fourth-order valence-electron chi connectivity index (χ4n) is 2.14. The molecule has 0 bridgehead atoms. The maximum absolute atomic E-state index is 12.1. The Bertz CT molecular complexity index is 827. The summed E-state index contributed by atoms with van der Waals surface area (Å²) in [5, 5.41) is 11.4. The number of hydrogen-bond donors (Lipinski definition) is 1. The van der Waals surface area contributed by atoms with Crippen molar-refractivity contribution in [2.24, 2.45) is 0 Å². The van der Waals surface area contributed by atoms with Gasteiger partial charge in [0, 0.05) is 5.69 Å². The monoisotopic (exact) mass is 368 g/mol. The van der Waals surface area contributed by atoms with Crippen molar-refractivity contribution in [3.05, 3.63) is 54.1 Å². The average Bonchev–Trinajstić information content (AvgIpc) is 2.68. The Hall–Kier alpha value is -3.53. The van der Waals surface area contributed by atoms with Crippen LogP contribution in [0.4, 0.5) is 5.69 Å². The van der Waals surface area contributed by atoms with Gasteiger partial charge in [-0.2, -0.15) is 5.26 Å². The number of carbonyl (C=O) groups is 2. The lowest BCUT2D eigenvalue weighted by Gasteiger charge is -2.15. The van der Waals surface area contributed by atoms with Crippen molar-refractivity contribution in [2.75, 3.05) is 18.5 Å². The Balaban J connectivity index is 1.84. The molecule has 1 amide bonds. The van der Waals surface area contributed by atoms with Crippen molar-refractivity contribution in [2.45, 2.75) is 20.0 Å². The molecule has 0 fully saturated rings. The molecule has 0 aliphatic heterocycles. The van der Waals surface area contributed by atoms with Crippen LogP contribution in [0.2, 0.25) is 0 Å². The Kier molecular flexibility index (Phi) is 7.20. The second-order valence-corrected chi connectivity index (χ2v) is 5.48. The molecule has 2 aromatic carbocycles. The number of benzene rings is 2. The zero-order chi connectivity index (χ0) is 19.6. The number of rotatable bonds is 8. The van der Waals surface area contributed by atoms with Gasteiger partial charge in [-0.1, -0.05) is 12.1 Å². The lowest BCUT2D eigenvalue weighted by atomic mass is 10.2. The average molecular weight is 368 g/mol. The van der Waals surface area contributed by atoms with E-state index in [1.165, 1.54) is 6.92 Å². The summed E-state index contributed by atoms with van der Waals surface area (Å²) < 4.78 is 15.9. The van der Waals surface area contributed by atoms with E-state index in [0.717, 1.165) is 0 Å². The maximum atomic E-state index is 12.1. The minimum absolute atomic E-state index is 0.349. The number of nitrogens with one attached hydrogen (secondary N) is 1. The highest BCUT2D eigenvalue weighted by molar-refractivity contribution is 5.95. The molecule has 2 aromatic rings. The molecule has 2 rings (SSSR count). The Labute approximate surface area is 157 Å². The largest absolute Gasteiger partial charge is 0.490 e. The van der Waals surface area contributed by atoms with Crippen LogP contribution in [0.3, 0.4) is 0 Å². The highest BCUT2D eigenvalue weighted by Crippen LogP contribution is 2.26. The van der Waals surface area contributed by atoms with E-state index < -0.39 is 18.0 Å². The van der Waals surface area contributed by atoms with Gasteiger partial charge in [-0.05, 0) is 50.2 Å².